The Labute approximate surface area is 121 Å². The first-order valence-electron chi connectivity index (χ1n) is 6.82. The van der Waals surface area contributed by atoms with Crippen LogP contribution in [0.4, 0.5) is 0 Å². The molecule has 2 aromatic rings. The standard InChI is InChI=1S/C14H18N4O3/c1-7-9(5-21-3)11(19)4-10(7)18-6-15-12-13(18)16-8(2)17-14(12)20/h6,9-11,19H,1,4-5H2,2-3H3,(H,16,17,20)/t9-,10?,11-/m0/s1. The van der Waals surface area contributed by atoms with E-state index >= 15 is 0 Å². The van der Waals surface area contributed by atoms with Crippen LogP contribution in [0.25, 0.3) is 11.2 Å². The minimum atomic E-state index is -0.511. The van der Waals surface area contributed by atoms with Crippen LogP contribution in [0, 0.1) is 12.8 Å². The second kappa shape index (κ2) is 5.09. The smallest absolute Gasteiger partial charge is 0.279 e. The molecule has 2 aromatic heterocycles. The van der Waals surface area contributed by atoms with Crippen molar-refractivity contribution in [3.63, 3.8) is 0 Å². The van der Waals surface area contributed by atoms with Crippen molar-refractivity contribution in [2.45, 2.75) is 25.5 Å². The number of aromatic nitrogens is 4. The van der Waals surface area contributed by atoms with Crippen LogP contribution in [0.1, 0.15) is 18.3 Å². The molecule has 1 fully saturated rings. The van der Waals surface area contributed by atoms with Crippen molar-refractivity contribution in [1.82, 2.24) is 19.5 Å². The Morgan fingerprint density at radius 2 is 2.38 bits per heavy atom. The van der Waals surface area contributed by atoms with E-state index in [0.29, 0.717) is 30.0 Å². The summed E-state index contributed by atoms with van der Waals surface area (Å²) in [6.45, 7) is 6.24. The number of aromatic amines is 1. The molecule has 1 aliphatic rings. The fraction of sp³-hybridized carbons (Fsp3) is 0.500. The first-order valence-corrected chi connectivity index (χ1v) is 6.82. The van der Waals surface area contributed by atoms with E-state index < -0.39 is 6.10 Å². The molecule has 0 bridgehead atoms. The van der Waals surface area contributed by atoms with Crippen molar-refractivity contribution in [2.75, 3.05) is 13.7 Å². The van der Waals surface area contributed by atoms with Gasteiger partial charge in [0.1, 0.15) is 5.82 Å². The summed E-state index contributed by atoms with van der Waals surface area (Å²) in [5, 5.41) is 10.2. The summed E-state index contributed by atoms with van der Waals surface area (Å²) in [4.78, 5) is 23.0. The van der Waals surface area contributed by atoms with Gasteiger partial charge in [0.05, 0.1) is 25.1 Å². The summed E-state index contributed by atoms with van der Waals surface area (Å²) in [7, 11) is 1.60. The van der Waals surface area contributed by atoms with E-state index in [1.807, 2.05) is 4.57 Å². The SMILES string of the molecule is C=C1C(n2cnc3c(=O)[nH]c(C)nc32)C[C@H](O)[C@H]1COC. The molecule has 21 heavy (non-hydrogen) atoms. The van der Waals surface area contributed by atoms with Crippen LogP contribution in [0.15, 0.2) is 23.3 Å². The number of hydrogen-bond donors (Lipinski definition) is 2. The van der Waals surface area contributed by atoms with Gasteiger partial charge in [0.2, 0.25) is 0 Å². The topological polar surface area (TPSA) is 93.0 Å². The summed E-state index contributed by atoms with van der Waals surface area (Å²) in [5.74, 6) is 0.424. The first kappa shape index (κ1) is 14.0. The lowest BCUT2D eigenvalue weighted by atomic mass is 10.0. The lowest BCUT2D eigenvalue weighted by Gasteiger charge is -2.16. The van der Waals surface area contributed by atoms with Crippen LogP contribution in [0.2, 0.25) is 0 Å². The summed E-state index contributed by atoms with van der Waals surface area (Å²) in [6.07, 6.45) is 1.60. The van der Waals surface area contributed by atoms with Gasteiger partial charge < -0.3 is 19.4 Å². The van der Waals surface area contributed by atoms with E-state index in [4.69, 9.17) is 4.74 Å². The van der Waals surface area contributed by atoms with Crippen molar-refractivity contribution in [2.24, 2.45) is 5.92 Å². The summed E-state index contributed by atoms with van der Waals surface area (Å²) < 4.78 is 6.96. The number of hydrogen-bond acceptors (Lipinski definition) is 5. The zero-order valence-corrected chi connectivity index (χ0v) is 12.0. The molecule has 0 aromatic carbocycles. The lowest BCUT2D eigenvalue weighted by Crippen LogP contribution is -2.19. The van der Waals surface area contributed by atoms with E-state index in [-0.39, 0.29) is 17.5 Å². The number of methoxy groups -OCH3 is 1. The van der Waals surface area contributed by atoms with Crippen LogP contribution in [0.5, 0.6) is 0 Å². The molecular formula is C14H18N4O3. The molecule has 0 amide bonds. The monoisotopic (exact) mass is 290 g/mol. The zero-order valence-electron chi connectivity index (χ0n) is 12.0. The van der Waals surface area contributed by atoms with Gasteiger partial charge in [-0.25, -0.2) is 9.97 Å². The van der Waals surface area contributed by atoms with Crippen LogP contribution in [-0.4, -0.2) is 44.4 Å². The average molecular weight is 290 g/mol. The number of ether oxygens (including phenoxy) is 1. The minimum Gasteiger partial charge on any atom is -0.392 e. The average Bonchev–Trinajstić information content (AvgIpc) is 2.95. The summed E-state index contributed by atoms with van der Waals surface area (Å²) >= 11 is 0. The Morgan fingerprint density at radius 3 is 3.10 bits per heavy atom. The van der Waals surface area contributed by atoms with Gasteiger partial charge in [0.15, 0.2) is 11.2 Å². The first-order chi connectivity index (χ1) is 10.0. The summed E-state index contributed by atoms with van der Waals surface area (Å²) in [5.41, 5.74) is 1.45. The molecule has 2 heterocycles. The predicted molar refractivity (Wildman–Crippen MR) is 77.1 cm³/mol. The van der Waals surface area contributed by atoms with Gasteiger partial charge in [0.25, 0.3) is 5.56 Å². The van der Waals surface area contributed by atoms with Crippen LogP contribution in [-0.2, 0) is 4.74 Å². The maximum atomic E-state index is 11.9. The number of aliphatic hydroxyl groups is 1. The number of fused-ring (bicyclic) bond motifs is 1. The summed E-state index contributed by atoms with van der Waals surface area (Å²) in [6, 6.07) is -0.126. The molecule has 2 N–H and O–H groups in total. The number of rotatable bonds is 3. The fourth-order valence-electron chi connectivity index (χ4n) is 2.99. The number of aliphatic hydroxyl groups excluding tert-OH is 1. The number of nitrogens with one attached hydrogen (secondary N) is 1. The van der Waals surface area contributed by atoms with Crippen LogP contribution in [0.3, 0.4) is 0 Å². The highest BCUT2D eigenvalue weighted by atomic mass is 16.5. The van der Waals surface area contributed by atoms with E-state index in [0.717, 1.165) is 5.57 Å². The Kier molecular flexibility index (Phi) is 3.38. The highest BCUT2D eigenvalue weighted by molar-refractivity contribution is 5.69. The number of H-pyrrole nitrogens is 1. The molecule has 3 rings (SSSR count). The molecule has 0 spiro atoms. The van der Waals surface area contributed by atoms with Crippen molar-refractivity contribution >= 4 is 11.2 Å². The number of imidazole rings is 1. The zero-order chi connectivity index (χ0) is 15.1. The Hall–Kier alpha value is -1.99. The highest BCUT2D eigenvalue weighted by Gasteiger charge is 2.38. The van der Waals surface area contributed by atoms with Crippen molar-refractivity contribution in [3.8, 4) is 0 Å². The van der Waals surface area contributed by atoms with Gasteiger partial charge in [-0.2, -0.15) is 0 Å². The second-order valence-corrected chi connectivity index (χ2v) is 5.43. The molecule has 0 radical (unpaired) electrons. The molecule has 1 saturated carbocycles. The van der Waals surface area contributed by atoms with Gasteiger partial charge in [0, 0.05) is 13.0 Å². The Balaban J connectivity index is 2.06. The number of aryl methyl sites for hydroxylation is 1. The third kappa shape index (κ3) is 2.18. The normalized spacial score (nSPS) is 25.9. The van der Waals surface area contributed by atoms with Crippen LogP contribution < -0.4 is 5.56 Å². The molecule has 1 aliphatic carbocycles. The van der Waals surface area contributed by atoms with Gasteiger partial charge in [-0.3, -0.25) is 4.79 Å². The van der Waals surface area contributed by atoms with E-state index in [2.05, 4.69) is 21.5 Å². The number of nitrogens with zero attached hydrogens (tertiary/aromatic N) is 3. The predicted octanol–water partition coefficient (Wildman–Crippen LogP) is 0.553. The van der Waals surface area contributed by atoms with Crippen molar-refractivity contribution < 1.29 is 9.84 Å². The largest absolute Gasteiger partial charge is 0.392 e. The van der Waals surface area contributed by atoms with E-state index in [9.17, 15) is 9.90 Å². The molecule has 0 saturated heterocycles. The molecule has 1 unspecified atom stereocenters. The molecule has 7 nitrogen and oxygen atoms in total. The second-order valence-electron chi connectivity index (χ2n) is 5.43. The van der Waals surface area contributed by atoms with Crippen molar-refractivity contribution in [3.05, 3.63) is 34.7 Å². The Morgan fingerprint density at radius 1 is 1.62 bits per heavy atom. The third-order valence-electron chi connectivity index (χ3n) is 4.07. The maximum Gasteiger partial charge on any atom is 0.279 e. The molecule has 112 valence electrons. The van der Waals surface area contributed by atoms with E-state index in [1.54, 1.807) is 20.4 Å². The van der Waals surface area contributed by atoms with Gasteiger partial charge >= 0.3 is 0 Å². The lowest BCUT2D eigenvalue weighted by molar-refractivity contribution is 0.0794. The maximum absolute atomic E-state index is 11.9. The van der Waals surface area contributed by atoms with Gasteiger partial charge in [-0.05, 0) is 18.9 Å². The Bertz CT molecular complexity index is 748. The third-order valence-corrected chi connectivity index (χ3v) is 4.07. The molecular weight excluding hydrogens is 272 g/mol. The van der Waals surface area contributed by atoms with Gasteiger partial charge in [-0.15, -0.1) is 0 Å². The molecule has 3 atom stereocenters. The quantitative estimate of drug-likeness (QED) is 0.805. The van der Waals surface area contributed by atoms with Crippen molar-refractivity contribution in [1.29, 1.82) is 0 Å². The fourth-order valence-corrected chi connectivity index (χ4v) is 2.99. The molecule has 7 heteroatoms. The van der Waals surface area contributed by atoms with E-state index in [1.165, 1.54) is 0 Å². The molecule has 0 aliphatic heterocycles. The minimum absolute atomic E-state index is 0.111. The van der Waals surface area contributed by atoms with Crippen LogP contribution >= 0.6 is 0 Å². The van der Waals surface area contributed by atoms with Gasteiger partial charge in [-0.1, -0.05) is 6.58 Å². The highest BCUT2D eigenvalue weighted by Crippen LogP contribution is 2.40.